The van der Waals surface area contributed by atoms with Crippen LogP contribution in [-0.2, 0) is 0 Å². The summed E-state index contributed by atoms with van der Waals surface area (Å²) in [5, 5.41) is 4.09. The van der Waals surface area contributed by atoms with Gasteiger partial charge in [-0.05, 0) is 24.6 Å². The normalized spacial score (nSPS) is 10.1. The van der Waals surface area contributed by atoms with E-state index in [1.165, 1.54) is 0 Å². The predicted octanol–water partition coefficient (Wildman–Crippen LogP) is 1.39. The maximum absolute atomic E-state index is 10.7. The fourth-order valence-electron chi connectivity index (χ4n) is 1.22. The predicted molar refractivity (Wildman–Crippen MR) is 51.5 cm³/mol. The summed E-state index contributed by atoms with van der Waals surface area (Å²) in [7, 11) is 0. The molecule has 0 aliphatic heterocycles. The van der Waals surface area contributed by atoms with E-state index in [9.17, 15) is 4.79 Å². The van der Waals surface area contributed by atoms with Crippen molar-refractivity contribution in [3.63, 3.8) is 0 Å². The van der Waals surface area contributed by atoms with Gasteiger partial charge in [-0.2, -0.15) is 5.10 Å². The second kappa shape index (κ2) is 3.41. The second-order valence-electron chi connectivity index (χ2n) is 3.00. The van der Waals surface area contributed by atoms with Crippen LogP contribution in [0, 0.1) is 6.92 Å². The molecule has 2 rings (SSSR count). The lowest BCUT2D eigenvalue weighted by molar-refractivity contribution is 0.112. The number of pyridine rings is 1. The van der Waals surface area contributed by atoms with Crippen molar-refractivity contribution in [1.82, 2.24) is 14.8 Å². The summed E-state index contributed by atoms with van der Waals surface area (Å²) in [5.74, 6) is 0.565. The number of aryl methyl sites for hydroxylation is 1. The van der Waals surface area contributed by atoms with Crippen molar-refractivity contribution in [1.29, 1.82) is 0 Å². The first-order valence-electron chi connectivity index (χ1n) is 4.23. The largest absolute Gasteiger partial charge is 0.298 e. The van der Waals surface area contributed by atoms with Crippen LogP contribution in [-0.4, -0.2) is 21.1 Å². The van der Waals surface area contributed by atoms with Gasteiger partial charge in [-0.1, -0.05) is 0 Å². The molecule has 0 aliphatic carbocycles. The van der Waals surface area contributed by atoms with Gasteiger partial charge in [0.05, 0.1) is 11.8 Å². The Morgan fingerprint density at radius 3 is 3.00 bits per heavy atom. The van der Waals surface area contributed by atoms with Gasteiger partial charge in [0.1, 0.15) is 0 Å². The summed E-state index contributed by atoms with van der Waals surface area (Å²) in [5.41, 5.74) is 1.57. The molecule has 0 aromatic carbocycles. The smallest absolute Gasteiger partial charge is 0.163 e. The van der Waals surface area contributed by atoms with E-state index < -0.39 is 0 Å². The minimum Gasteiger partial charge on any atom is -0.298 e. The Hall–Kier alpha value is -1.97. The maximum atomic E-state index is 10.7. The van der Waals surface area contributed by atoms with E-state index in [-0.39, 0.29) is 0 Å². The van der Waals surface area contributed by atoms with Crippen molar-refractivity contribution in [3.8, 4) is 5.82 Å². The van der Waals surface area contributed by atoms with Gasteiger partial charge in [0.15, 0.2) is 12.1 Å². The molecule has 4 heteroatoms. The van der Waals surface area contributed by atoms with Gasteiger partial charge < -0.3 is 0 Å². The van der Waals surface area contributed by atoms with Crippen molar-refractivity contribution in [3.05, 3.63) is 41.9 Å². The van der Waals surface area contributed by atoms with Crippen molar-refractivity contribution in [2.75, 3.05) is 0 Å². The Kier molecular flexibility index (Phi) is 2.10. The molecule has 0 N–H and O–H groups in total. The fraction of sp³-hybridized carbons (Fsp3) is 0.100. The Bertz CT molecular complexity index is 462. The molecule has 0 spiro atoms. The average molecular weight is 187 g/mol. The summed E-state index contributed by atoms with van der Waals surface area (Å²) in [4.78, 5) is 14.8. The van der Waals surface area contributed by atoms with Crippen molar-refractivity contribution < 1.29 is 4.79 Å². The first-order chi connectivity index (χ1) is 6.81. The van der Waals surface area contributed by atoms with Gasteiger partial charge in [0, 0.05) is 12.4 Å². The molecule has 2 aromatic heterocycles. The highest BCUT2D eigenvalue weighted by Gasteiger charge is 2.04. The highest BCUT2D eigenvalue weighted by molar-refractivity contribution is 5.79. The molecule has 0 saturated heterocycles. The summed E-state index contributed by atoms with van der Waals surface area (Å²) in [6.45, 7) is 1.94. The summed E-state index contributed by atoms with van der Waals surface area (Å²) >= 11 is 0. The molecular weight excluding hydrogens is 178 g/mol. The molecule has 0 amide bonds. The Morgan fingerprint density at radius 2 is 2.36 bits per heavy atom. The molecule has 4 nitrogen and oxygen atoms in total. The molecule has 70 valence electrons. The van der Waals surface area contributed by atoms with E-state index in [0.29, 0.717) is 11.4 Å². The molecule has 14 heavy (non-hydrogen) atoms. The van der Waals surface area contributed by atoms with E-state index in [1.807, 2.05) is 13.1 Å². The van der Waals surface area contributed by atoms with E-state index in [2.05, 4.69) is 10.1 Å². The molecule has 2 aromatic rings. The molecule has 0 fully saturated rings. The van der Waals surface area contributed by atoms with E-state index in [4.69, 9.17) is 0 Å². The third-order valence-corrected chi connectivity index (χ3v) is 1.87. The maximum Gasteiger partial charge on any atom is 0.163 e. The van der Waals surface area contributed by atoms with Crippen LogP contribution in [0.2, 0.25) is 0 Å². The van der Waals surface area contributed by atoms with Gasteiger partial charge in [0.25, 0.3) is 0 Å². The zero-order valence-electron chi connectivity index (χ0n) is 7.71. The first kappa shape index (κ1) is 8.62. The second-order valence-corrected chi connectivity index (χ2v) is 3.00. The number of aromatic nitrogens is 3. The van der Waals surface area contributed by atoms with Crippen molar-refractivity contribution in [2.24, 2.45) is 0 Å². The lowest BCUT2D eigenvalue weighted by Gasteiger charge is -2.01. The summed E-state index contributed by atoms with van der Waals surface area (Å²) < 4.78 is 1.60. The van der Waals surface area contributed by atoms with Crippen LogP contribution >= 0.6 is 0 Å². The van der Waals surface area contributed by atoms with Crippen LogP contribution in [0.15, 0.2) is 30.7 Å². The Labute approximate surface area is 81.2 Å². The SMILES string of the molecule is Cc1cnn(-c2ncccc2C=O)c1. The average Bonchev–Trinajstić information content (AvgIpc) is 2.65. The number of rotatable bonds is 2. The standard InChI is InChI=1S/C10H9N3O/c1-8-5-12-13(6-8)10-9(7-14)3-2-4-11-10/h2-7H,1H3. The van der Waals surface area contributed by atoms with E-state index in [1.54, 1.807) is 29.2 Å². The van der Waals surface area contributed by atoms with Crippen LogP contribution in [0.3, 0.4) is 0 Å². The highest BCUT2D eigenvalue weighted by Crippen LogP contribution is 2.08. The van der Waals surface area contributed by atoms with Crippen molar-refractivity contribution in [2.45, 2.75) is 6.92 Å². The zero-order valence-corrected chi connectivity index (χ0v) is 7.71. The zero-order chi connectivity index (χ0) is 9.97. The van der Waals surface area contributed by atoms with E-state index >= 15 is 0 Å². The van der Waals surface area contributed by atoms with Crippen LogP contribution in [0.4, 0.5) is 0 Å². The Morgan fingerprint density at radius 1 is 1.50 bits per heavy atom. The topological polar surface area (TPSA) is 47.8 Å². The van der Waals surface area contributed by atoms with Gasteiger partial charge in [-0.3, -0.25) is 4.79 Å². The molecule has 0 aliphatic rings. The third kappa shape index (κ3) is 1.42. The Balaban J connectivity index is 2.55. The van der Waals surface area contributed by atoms with Crippen LogP contribution in [0.1, 0.15) is 15.9 Å². The molecule has 2 heterocycles. The molecule has 0 saturated carbocycles. The number of nitrogens with zero attached hydrogens (tertiary/aromatic N) is 3. The molecule has 0 unspecified atom stereocenters. The van der Waals surface area contributed by atoms with Gasteiger partial charge in [0.2, 0.25) is 0 Å². The van der Waals surface area contributed by atoms with Crippen LogP contribution in [0.5, 0.6) is 0 Å². The number of aldehydes is 1. The number of carbonyl (C=O) groups is 1. The van der Waals surface area contributed by atoms with Gasteiger partial charge >= 0.3 is 0 Å². The molecule has 0 atom stereocenters. The number of carbonyl (C=O) groups excluding carboxylic acids is 1. The monoisotopic (exact) mass is 187 g/mol. The highest BCUT2D eigenvalue weighted by atomic mass is 16.1. The molecular formula is C10H9N3O. The lowest BCUT2D eigenvalue weighted by atomic mass is 10.3. The van der Waals surface area contributed by atoms with Gasteiger partial charge in [-0.15, -0.1) is 0 Å². The van der Waals surface area contributed by atoms with Crippen LogP contribution < -0.4 is 0 Å². The van der Waals surface area contributed by atoms with Gasteiger partial charge in [-0.25, -0.2) is 9.67 Å². The minimum absolute atomic E-state index is 0.538. The quantitative estimate of drug-likeness (QED) is 0.667. The molecule has 0 bridgehead atoms. The summed E-state index contributed by atoms with van der Waals surface area (Å²) in [6.07, 6.45) is 5.97. The number of hydrogen-bond donors (Lipinski definition) is 0. The summed E-state index contributed by atoms with van der Waals surface area (Å²) in [6, 6.07) is 3.44. The van der Waals surface area contributed by atoms with E-state index in [0.717, 1.165) is 11.8 Å². The first-order valence-corrected chi connectivity index (χ1v) is 4.23. The third-order valence-electron chi connectivity index (χ3n) is 1.87. The molecule has 0 radical (unpaired) electrons. The van der Waals surface area contributed by atoms with Crippen LogP contribution in [0.25, 0.3) is 5.82 Å². The lowest BCUT2D eigenvalue weighted by Crippen LogP contribution is -2.01. The number of hydrogen-bond acceptors (Lipinski definition) is 3. The minimum atomic E-state index is 0.538. The van der Waals surface area contributed by atoms with Crippen molar-refractivity contribution >= 4 is 6.29 Å². The fourth-order valence-corrected chi connectivity index (χ4v) is 1.22.